The van der Waals surface area contributed by atoms with Crippen molar-refractivity contribution in [1.82, 2.24) is 60.0 Å². The summed E-state index contributed by atoms with van der Waals surface area (Å²) in [6.45, 7) is 13.9. The zero-order valence-corrected chi connectivity index (χ0v) is 61.2. The Kier molecular flexibility index (Phi) is 30.6. The molecule has 3 aliphatic heterocycles. The van der Waals surface area contributed by atoms with Crippen LogP contribution in [0.5, 0.6) is 5.75 Å². The first-order valence-electron chi connectivity index (χ1n) is 34.5. The van der Waals surface area contributed by atoms with Crippen LogP contribution in [0, 0.1) is 17.8 Å². The predicted molar refractivity (Wildman–Crippen MR) is 366 cm³/mol. The molecule has 538 valence electrons. The Labute approximate surface area is 579 Å². The fraction of sp³-hybridized carbons (Fsp3) is 0.739. The highest BCUT2D eigenvalue weighted by atomic mass is 35.5. The van der Waals surface area contributed by atoms with E-state index in [0.29, 0.717) is 56.5 Å². The molecule has 0 aromatic heterocycles. The number of fused-ring (bicyclic) bond motifs is 1. The molecule has 3 saturated heterocycles. The normalized spacial score (nSPS) is 25.5. The van der Waals surface area contributed by atoms with Gasteiger partial charge in [-0.2, -0.15) is 0 Å². The molecule has 1 aliphatic carbocycles. The van der Waals surface area contributed by atoms with Crippen molar-refractivity contribution in [3.8, 4) is 5.75 Å². The number of hydrogen-bond acceptors (Lipinski definition) is 13. The van der Waals surface area contributed by atoms with Gasteiger partial charge in [-0.3, -0.25) is 57.5 Å². The van der Waals surface area contributed by atoms with Crippen LogP contribution in [0.25, 0.3) is 0 Å². The van der Waals surface area contributed by atoms with Gasteiger partial charge in [-0.25, -0.2) is 0 Å². The first-order valence-corrected chi connectivity index (χ1v) is 35.2. The van der Waals surface area contributed by atoms with Gasteiger partial charge < -0.3 is 64.8 Å². The highest BCUT2D eigenvalue weighted by molar-refractivity contribution is 6.43. The lowest BCUT2D eigenvalue weighted by atomic mass is 9.84. The SMILES string of the molecule is CC[C@H](C)C1NC(=O)[C@H](C)N(C)C(=O)C[C@@H](C(=O)N2CCCCC2)N(C)C(=O)[C@H](C(C)C)N(C)C(=O)CCCCNC(=O)[C@@H]2CCCN2C(=O)[C@H](CCc2cc(Cl)c(Cl)c(OC(C)(C)C)c2)NC(=O)CN(C)C(=O)[C@H](CC2CCCCC2)N(C)C(=O)CN(C)C(=O)CN(C)C1=O. The van der Waals surface area contributed by atoms with E-state index in [9.17, 15) is 57.5 Å². The molecule has 4 fully saturated rings. The molecule has 1 aromatic carbocycles. The Balaban J connectivity index is 1.49. The van der Waals surface area contributed by atoms with Crippen molar-refractivity contribution in [2.75, 3.05) is 95.1 Å². The average molecular weight is 1390 g/mol. The summed E-state index contributed by atoms with van der Waals surface area (Å²) in [5, 5.41) is 9.05. The van der Waals surface area contributed by atoms with Gasteiger partial charge in [-0.05, 0) is 127 Å². The number of hydrogen-bond donors (Lipinski definition) is 3. The van der Waals surface area contributed by atoms with Crippen LogP contribution >= 0.6 is 23.2 Å². The summed E-state index contributed by atoms with van der Waals surface area (Å²) in [5.41, 5.74) is 0.00484. The predicted octanol–water partition coefficient (Wildman–Crippen LogP) is 5.14. The molecule has 3 heterocycles. The van der Waals surface area contributed by atoms with Gasteiger partial charge in [-0.15, -0.1) is 0 Å². The monoisotopic (exact) mass is 1380 g/mol. The van der Waals surface area contributed by atoms with Gasteiger partial charge in [0.25, 0.3) is 0 Å². The number of amides is 12. The van der Waals surface area contributed by atoms with E-state index < -0.39 is 151 Å². The van der Waals surface area contributed by atoms with Crippen molar-refractivity contribution < 1.29 is 62.3 Å². The number of nitrogens with one attached hydrogen (secondary N) is 3. The Hall–Kier alpha value is -6.76. The Morgan fingerprint density at radius 2 is 1.26 bits per heavy atom. The van der Waals surface area contributed by atoms with Crippen molar-refractivity contribution in [1.29, 1.82) is 0 Å². The van der Waals surface area contributed by atoms with Crippen molar-refractivity contribution in [2.24, 2.45) is 17.8 Å². The van der Waals surface area contributed by atoms with Crippen LogP contribution in [0.1, 0.15) is 170 Å². The summed E-state index contributed by atoms with van der Waals surface area (Å²) in [4.78, 5) is 185. The van der Waals surface area contributed by atoms with Gasteiger partial charge in [0.2, 0.25) is 70.9 Å². The van der Waals surface area contributed by atoms with Crippen molar-refractivity contribution in [2.45, 2.75) is 219 Å². The minimum absolute atomic E-state index is 0.00391. The quantitative estimate of drug-likeness (QED) is 0.274. The molecule has 25 nitrogen and oxygen atoms in total. The molecule has 5 rings (SSSR count). The highest BCUT2D eigenvalue weighted by Crippen LogP contribution is 2.36. The van der Waals surface area contributed by atoms with Gasteiger partial charge in [0.1, 0.15) is 58.7 Å². The van der Waals surface area contributed by atoms with Gasteiger partial charge in [0, 0.05) is 81.9 Å². The maximum atomic E-state index is 14.9. The molecule has 0 spiro atoms. The molecular weight excluding hydrogens is 1280 g/mol. The Morgan fingerprint density at radius 3 is 1.89 bits per heavy atom. The maximum Gasteiger partial charge on any atom is 0.246 e. The van der Waals surface area contributed by atoms with E-state index in [-0.39, 0.29) is 60.6 Å². The molecule has 96 heavy (non-hydrogen) atoms. The molecule has 27 heteroatoms. The van der Waals surface area contributed by atoms with E-state index in [1.54, 1.807) is 37.8 Å². The smallest absolute Gasteiger partial charge is 0.246 e. The van der Waals surface area contributed by atoms with Crippen LogP contribution in [0.15, 0.2) is 12.1 Å². The summed E-state index contributed by atoms with van der Waals surface area (Å²) in [6.07, 6.45) is 8.82. The third-order valence-electron chi connectivity index (χ3n) is 19.5. The van der Waals surface area contributed by atoms with Crippen LogP contribution in [0.3, 0.4) is 0 Å². The lowest BCUT2D eigenvalue weighted by molar-refractivity contribution is -0.154. The van der Waals surface area contributed by atoms with Gasteiger partial charge >= 0.3 is 0 Å². The number of likely N-dealkylation sites (tertiary alicyclic amines) is 1. The van der Waals surface area contributed by atoms with Crippen molar-refractivity contribution in [3.05, 3.63) is 27.7 Å². The molecule has 0 bridgehead atoms. The number of rotatable bonds is 10. The van der Waals surface area contributed by atoms with Gasteiger partial charge in [0.15, 0.2) is 0 Å². The first kappa shape index (κ1) is 79.9. The van der Waals surface area contributed by atoms with Crippen LogP contribution in [-0.4, -0.2) is 258 Å². The molecule has 4 aliphatic rings. The van der Waals surface area contributed by atoms with Crippen LogP contribution in [-0.2, 0) is 64.0 Å². The summed E-state index contributed by atoms with van der Waals surface area (Å²) in [5.74, 6) is -7.23. The lowest BCUT2D eigenvalue weighted by Gasteiger charge is -2.39. The molecule has 1 aromatic rings. The lowest BCUT2D eigenvalue weighted by Crippen LogP contribution is -2.59. The molecule has 1 saturated carbocycles. The third-order valence-corrected chi connectivity index (χ3v) is 20.3. The number of benzene rings is 1. The number of nitrogens with zero attached hydrogens (tertiary/aromatic N) is 9. The van der Waals surface area contributed by atoms with Crippen LogP contribution < -0.4 is 20.7 Å². The van der Waals surface area contributed by atoms with E-state index in [0.717, 1.165) is 66.1 Å². The number of ether oxygens (including phenoxy) is 1. The Morgan fingerprint density at radius 1 is 0.635 bits per heavy atom. The molecule has 12 amide bonds. The number of carbonyl (C=O) groups excluding carboxylic acids is 12. The van der Waals surface area contributed by atoms with E-state index in [1.807, 2.05) is 27.7 Å². The fourth-order valence-electron chi connectivity index (χ4n) is 13.1. The number of halogens is 2. The van der Waals surface area contributed by atoms with Crippen molar-refractivity contribution >= 4 is 94.1 Å². The van der Waals surface area contributed by atoms with Crippen LogP contribution in [0.4, 0.5) is 0 Å². The van der Waals surface area contributed by atoms with E-state index in [2.05, 4.69) is 16.0 Å². The summed E-state index contributed by atoms with van der Waals surface area (Å²) in [7, 11) is 10.1. The van der Waals surface area contributed by atoms with Crippen molar-refractivity contribution in [3.63, 3.8) is 0 Å². The topological polar surface area (TPSA) is 279 Å². The minimum Gasteiger partial charge on any atom is -0.487 e. The van der Waals surface area contributed by atoms with E-state index >= 15 is 0 Å². The zero-order valence-electron chi connectivity index (χ0n) is 59.7. The van der Waals surface area contributed by atoms with Gasteiger partial charge in [-0.1, -0.05) is 89.4 Å². The highest BCUT2D eigenvalue weighted by Gasteiger charge is 2.43. The zero-order chi connectivity index (χ0) is 71.6. The second kappa shape index (κ2) is 36.7. The van der Waals surface area contributed by atoms with E-state index in [4.69, 9.17) is 27.9 Å². The summed E-state index contributed by atoms with van der Waals surface area (Å²) >= 11 is 13.2. The van der Waals surface area contributed by atoms with E-state index in [1.165, 1.54) is 80.8 Å². The molecule has 1 unspecified atom stereocenters. The van der Waals surface area contributed by atoms with Gasteiger partial charge in [0.05, 0.1) is 31.1 Å². The first-order chi connectivity index (χ1) is 45.1. The standard InChI is InChI=1S/C69H110Cl2N12O13/c1-16-44(4)60-67(94)77(11)41-57(87)75(9)42-58(88)79(13)51(37-46-26-19-17-20-27-46)65(92)76(10)40-54(84)73-49(31-30-47-36-48(70)59(71)53(38-47)96-69(6,7)8)64(91)83-35-25-28-50(83)63(90)72-32-22-21-29-55(85)81(15)61(43(2)3)68(95)80(14)52(66(93)82-33-23-18-24-34-82)39-56(86)78(12)45(5)62(89)74-60/h36,38,43-46,49-52,60-61H,16-35,37,39-42H2,1-15H3,(H,72,90)(H,73,84)(H,74,89)/t44-,45-,49-,50-,51-,52-,60?,61-/m0/s1. The largest absolute Gasteiger partial charge is 0.487 e. The van der Waals surface area contributed by atoms with Crippen LogP contribution in [0.2, 0.25) is 10.0 Å². The number of piperidine rings is 1. The second-order valence-corrected chi connectivity index (χ2v) is 29.2. The number of likely N-dealkylation sites (N-methyl/N-ethyl adjacent to an activating group) is 7. The molecule has 0 radical (unpaired) electrons. The average Bonchev–Trinajstić information content (AvgIpc) is 1.15. The summed E-state index contributed by atoms with van der Waals surface area (Å²) < 4.78 is 6.12. The number of aryl methyl sites for hydroxylation is 1. The fourth-order valence-corrected chi connectivity index (χ4v) is 13.5. The minimum atomic E-state index is -1.32. The number of carbonyl (C=O) groups is 12. The Bertz CT molecular complexity index is 2930. The molecule has 3 N–H and O–H groups in total. The second-order valence-electron chi connectivity index (χ2n) is 28.4. The third kappa shape index (κ3) is 22.1. The molecular formula is C69H110Cl2N12O13. The maximum absolute atomic E-state index is 14.9. The summed E-state index contributed by atoms with van der Waals surface area (Å²) in [6, 6.07) is -4.52. The molecule has 8 atom stereocenters.